The first-order chi connectivity index (χ1) is 31.5. The predicted molar refractivity (Wildman–Crippen MR) is 272 cm³/mol. The van der Waals surface area contributed by atoms with Gasteiger partial charge < -0.3 is 4.90 Å². The van der Waals surface area contributed by atoms with Crippen LogP contribution in [0.5, 0.6) is 0 Å². The standard InChI is InChI=1S/C63H51N/c1-62(2)57-34-33-50(42-56(57)55-39-46-23-10-11-24-47(46)40-58(55)62)64(60-35-31-45-22-13-15-29-52(45)61(60)53-30-18-25-43-21-12-14-28-51(43)53)59-36-32-49(41-54(59)44-19-6-3-7-20-44)63(37-16-5-17-38-63)48-26-8-4-9-27-48/h3-4,6-15,18-36,39-42H,5,16-17,37-38H2,1-2H3. The molecule has 0 atom stereocenters. The Morgan fingerprint density at radius 3 is 1.75 bits per heavy atom. The van der Waals surface area contributed by atoms with Gasteiger partial charge in [-0.1, -0.05) is 203 Å². The van der Waals surface area contributed by atoms with Gasteiger partial charge in [0.2, 0.25) is 0 Å². The van der Waals surface area contributed by atoms with E-state index in [0.717, 1.165) is 24.2 Å². The summed E-state index contributed by atoms with van der Waals surface area (Å²) < 4.78 is 0. The van der Waals surface area contributed by atoms with Gasteiger partial charge in [-0.3, -0.25) is 0 Å². The van der Waals surface area contributed by atoms with Crippen LogP contribution >= 0.6 is 0 Å². The molecular formula is C63H51N. The molecule has 0 bridgehead atoms. The van der Waals surface area contributed by atoms with Crippen molar-refractivity contribution in [3.63, 3.8) is 0 Å². The highest BCUT2D eigenvalue weighted by atomic mass is 15.1. The van der Waals surface area contributed by atoms with Crippen molar-refractivity contribution in [1.29, 1.82) is 0 Å². The normalized spacial score (nSPS) is 15.0. The fourth-order valence-electron chi connectivity index (χ4n) is 11.7. The molecular weight excluding hydrogens is 771 g/mol. The van der Waals surface area contributed by atoms with Crippen LogP contribution in [-0.2, 0) is 10.8 Å². The van der Waals surface area contributed by atoms with E-state index in [1.165, 1.54) is 113 Å². The van der Waals surface area contributed by atoms with E-state index in [1.54, 1.807) is 0 Å². The van der Waals surface area contributed by atoms with Gasteiger partial charge in [0.25, 0.3) is 0 Å². The summed E-state index contributed by atoms with van der Waals surface area (Å²) in [7, 11) is 0. The molecule has 12 rings (SSSR count). The monoisotopic (exact) mass is 821 g/mol. The molecule has 0 unspecified atom stereocenters. The smallest absolute Gasteiger partial charge is 0.0546 e. The first-order valence-electron chi connectivity index (χ1n) is 23.2. The summed E-state index contributed by atoms with van der Waals surface area (Å²) in [6, 6.07) is 80.3. The first-order valence-corrected chi connectivity index (χ1v) is 23.2. The van der Waals surface area contributed by atoms with Crippen molar-refractivity contribution in [3.05, 3.63) is 235 Å². The van der Waals surface area contributed by atoms with Crippen LogP contribution in [0.2, 0.25) is 0 Å². The van der Waals surface area contributed by atoms with Gasteiger partial charge in [-0.15, -0.1) is 0 Å². The molecule has 308 valence electrons. The van der Waals surface area contributed by atoms with E-state index >= 15 is 0 Å². The highest BCUT2D eigenvalue weighted by Crippen LogP contribution is 2.55. The molecule has 0 heterocycles. The largest absolute Gasteiger partial charge is 0.309 e. The molecule has 0 N–H and O–H groups in total. The lowest BCUT2D eigenvalue weighted by Gasteiger charge is -2.39. The average molecular weight is 822 g/mol. The SMILES string of the molecule is CC1(C)c2ccc(N(c3ccc(C4(c5ccccc5)CCCCC4)cc3-c3ccccc3)c3ccc4ccccc4c3-c3cccc4ccccc34)cc2-c2cc3ccccc3cc21. The summed E-state index contributed by atoms with van der Waals surface area (Å²) in [6.07, 6.45) is 6.06. The number of rotatable bonds is 7. The van der Waals surface area contributed by atoms with Gasteiger partial charge in [0, 0.05) is 27.6 Å². The van der Waals surface area contributed by atoms with Crippen LogP contribution in [0, 0.1) is 0 Å². The second-order valence-electron chi connectivity index (χ2n) is 18.7. The van der Waals surface area contributed by atoms with E-state index in [0.29, 0.717) is 0 Å². The van der Waals surface area contributed by atoms with Crippen molar-refractivity contribution < 1.29 is 0 Å². The van der Waals surface area contributed by atoms with Crippen LogP contribution < -0.4 is 4.90 Å². The van der Waals surface area contributed by atoms with Gasteiger partial charge in [-0.25, -0.2) is 0 Å². The molecule has 1 fully saturated rings. The predicted octanol–water partition coefficient (Wildman–Crippen LogP) is 17.5. The molecule has 0 aromatic heterocycles. The van der Waals surface area contributed by atoms with Gasteiger partial charge in [-0.05, 0) is 132 Å². The zero-order chi connectivity index (χ0) is 42.8. The molecule has 1 nitrogen and oxygen atoms in total. The zero-order valence-corrected chi connectivity index (χ0v) is 36.7. The molecule has 64 heavy (non-hydrogen) atoms. The molecule has 2 aliphatic carbocycles. The molecule has 0 spiro atoms. The molecule has 0 amide bonds. The summed E-state index contributed by atoms with van der Waals surface area (Å²) in [5, 5.41) is 7.52. The molecule has 10 aromatic carbocycles. The van der Waals surface area contributed by atoms with Gasteiger partial charge in [-0.2, -0.15) is 0 Å². The van der Waals surface area contributed by atoms with Crippen LogP contribution in [0.25, 0.3) is 65.7 Å². The quantitative estimate of drug-likeness (QED) is 0.155. The number of hydrogen-bond donors (Lipinski definition) is 0. The van der Waals surface area contributed by atoms with Crippen molar-refractivity contribution >= 4 is 49.4 Å². The van der Waals surface area contributed by atoms with E-state index in [2.05, 4.69) is 231 Å². The minimum atomic E-state index is -0.141. The second-order valence-corrected chi connectivity index (χ2v) is 18.7. The van der Waals surface area contributed by atoms with Crippen LogP contribution in [0.4, 0.5) is 17.1 Å². The lowest BCUT2D eigenvalue weighted by atomic mass is 9.65. The third kappa shape index (κ3) is 6.13. The van der Waals surface area contributed by atoms with E-state index < -0.39 is 0 Å². The second kappa shape index (κ2) is 15.2. The van der Waals surface area contributed by atoms with E-state index in [9.17, 15) is 0 Å². The number of anilines is 3. The summed E-state index contributed by atoms with van der Waals surface area (Å²) in [4.78, 5) is 2.60. The highest BCUT2D eigenvalue weighted by molar-refractivity contribution is 6.12. The first kappa shape index (κ1) is 38.5. The van der Waals surface area contributed by atoms with Crippen LogP contribution in [0.15, 0.2) is 212 Å². The van der Waals surface area contributed by atoms with Crippen molar-refractivity contribution in [2.45, 2.75) is 56.8 Å². The zero-order valence-electron chi connectivity index (χ0n) is 36.7. The van der Waals surface area contributed by atoms with Crippen LogP contribution in [0.3, 0.4) is 0 Å². The Morgan fingerprint density at radius 1 is 0.375 bits per heavy atom. The number of nitrogens with zero attached hydrogens (tertiary/aromatic N) is 1. The summed E-state index contributed by atoms with van der Waals surface area (Å²) >= 11 is 0. The highest BCUT2D eigenvalue weighted by Gasteiger charge is 2.38. The van der Waals surface area contributed by atoms with Gasteiger partial charge >= 0.3 is 0 Å². The van der Waals surface area contributed by atoms with E-state index in [-0.39, 0.29) is 10.8 Å². The Labute approximate surface area is 377 Å². The Kier molecular flexibility index (Phi) is 9.16. The summed E-state index contributed by atoms with van der Waals surface area (Å²) in [5.74, 6) is 0. The molecule has 1 heteroatoms. The molecule has 2 aliphatic rings. The van der Waals surface area contributed by atoms with Crippen LogP contribution in [-0.4, -0.2) is 0 Å². The molecule has 0 radical (unpaired) electrons. The third-order valence-electron chi connectivity index (χ3n) is 14.9. The minimum absolute atomic E-state index is 0.0465. The molecule has 0 saturated heterocycles. The lowest BCUT2D eigenvalue weighted by molar-refractivity contribution is 0.346. The molecule has 0 aliphatic heterocycles. The average Bonchev–Trinajstić information content (AvgIpc) is 3.57. The third-order valence-corrected chi connectivity index (χ3v) is 14.9. The minimum Gasteiger partial charge on any atom is -0.309 e. The van der Waals surface area contributed by atoms with Crippen molar-refractivity contribution in [2.24, 2.45) is 0 Å². The fraction of sp³-hybridized carbons (Fsp3) is 0.143. The number of hydrogen-bond acceptors (Lipinski definition) is 1. The summed E-state index contributed by atoms with van der Waals surface area (Å²) in [6.45, 7) is 4.79. The van der Waals surface area contributed by atoms with Gasteiger partial charge in [0.1, 0.15) is 0 Å². The van der Waals surface area contributed by atoms with E-state index in [4.69, 9.17) is 0 Å². The van der Waals surface area contributed by atoms with E-state index in [1.807, 2.05) is 0 Å². The molecule has 1 saturated carbocycles. The Balaban J connectivity index is 1.17. The Hall–Kier alpha value is -7.22. The summed E-state index contributed by atoms with van der Waals surface area (Å²) in [5.41, 5.74) is 16.4. The lowest BCUT2D eigenvalue weighted by Crippen LogP contribution is -2.30. The van der Waals surface area contributed by atoms with Crippen molar-refractivity contribution in [1.82, 2.24) is 0 Å². The Morgan fingerprint density at radius 2 is 0.984 bits per heavy atom. The maximum absolute atomic E-state index is 2.60. The van der Waals surface area contributed by atoms with Crippen molar-refractivity contribution in [2.75, 3.05) is 4.90 Å². The van der Waals surface area contributed by atoms with Gasteiger partial charge in [0.05, 0.1) is 11.4 Å². The Bertz CT molecular complexity index is 3380. The van der Waals surface area contributed by atoms with Gasteiger partial charge in [0.15, 0.2) is 0 Å². The number of benzene rings is 10. The maximum Gasteiger partial charge on any atom is 0.0546 e. The van der Waals surface area contributed by atoms with Crippen LogP contribution in [0.1, 0.15) is 68.2 Å². The van der Waals surface area contributed by atoms with Crippen molar-refractivity contribution in [3.8, 4) is 33.4 Å². The maximum atomic E-state index is 2.60. The molecule has 10 aromatic rings. The fourth-order valence-corrected chi connectivity index (χ4v) is 11.7. The number of fused-ring (bicyclic) bond motifs is 6. The topological polar surface area (TPSA) is 3.24 Å².